The Kier molecular flexibility index (Phi) is 4.80. The van der Waals surface area contributed by atoms with Gasteiger partial charge >= 0.3 is 6.03 Å². The van der Waals surface area contributed by atoms with Gasteiger partial charge in [0.1, 0.15) is 5.65 Å². The van der Waals surface area contributed by atoms with Crippen molar-refractivity contribution in [1.82, 2.24) is 19.6 Å². The lowest BCUT2D eigenvalue weighted by Crippen LogP contribution is -2.40. The third kappa shape index (κ3) is 3.53. The molecule has 4 rings (SSSR count). The van der Waals surface area contributed by atoms with Gasteiger partial charge in [0.25, 0.3) is 0 Å². The van der Waals surface area contributed by atoms with Gasteiger partial charge in [-0.1, -0.05) is 29.8 Å². The zero-order chi connectivity index (χ0) is 17.9. The molecule has 0 radical (unpaired) electrons. The molecule has 1 aromatic carbocycles. The number of carbonyl (C=O) groups is 1. The van der Waals surface area contributed by atoms with Crippen LogP contribution < -0.4 is 5.32 Å². The molecule has 2 amide bonds. The van der Waals surface area contributed by atoms with Gasteiger partial charge in [0.05, 0.1) is 11.7 Å². The summed E-state index contributed by atoms with van der Waals surface area (Å²) >= 11 is 5.97. The summed E-state index contributed by atoms with van der Waals surface area (Å²) in [5.74, 6) is 0. The maximum atomic E-state index is 12.6. The average Bonchev–Trinajstić information content (AvgIpc) is 3.29. The van der Waals surface area contributed by atoms with Crippen molar-refractivity contribution < 1.29 is 4.79 Å². The molecule has 1 fully saturated rings. The Hall–Kier alpha value is -2.53. The Morgan fingerprint density at radius 2 is 2.08 bits per heavy atom. The maximum absolute atomic E-state index is 12.6. The van der Waals surface area contributed by atoms with Crippen LogP contribution >= 0.6 is 11.6 Å². The van der Waals surface area contributed by atoms with Crippen LogP contribution in [0.25, 0.3) is 5.65 Å². The van der Waals surface area contributed by atoms with E-state index in [1.807, 2.05) is 64.2 Å². The predicted octanol–water partition coefficient (Wildman–Crippen LogP) is 4.08. The smallest absolute Gasteiger partial charge is 0.317 e. The van der Waals surface area contributed by atoms with Crippen LogP contribution in [0.3, 0.4) is 0 Å². The van der Waals surface area contributed by atoms with Gasteiger partial charge in [-0.3, -0.25) is 0 Å². The van der Waals surface area contributed by atoms with Crippen molar-refractivity contribution in [3.63, 3.8) is 0 Å². The molecule has 1 saturated heterocycles. The number of pyridine rings is 1. The van der Waals surface area contributed by atoms with Crippen molar-refractivity contribution in [2.75, 3.05) is 13.1 Å². The van der Waals surface area contributed by atoms with Gasteiger partial charge < -0.3 is 14.6 Å². The molecule has 0 aliphatic carbocycles. The highest BCUT2D eigenvalue weighted by Gasteiger charge is 2.29. The molecule has 3 aromatic rings. The number of imidazole rings is 1. The first kappa shape index (κ1) is 16.9. The number of nitrogens with zero attached hydrogens (tertiary/aromatic N) is 3. The lowest BCUT2D eigenvalue weighted by atomic mass is 10.1. The molecule has 0 saturated carbocycles. The number of aromatic nitrogens is 2. The zero-order valence-corrected chi connectivity index (χ0v) is 15.2. The van der Waals surface area contributed by atoms with E-state index in [1.54, 1.807) is 0 Å². The molecule has 3 heterocycles. The van der Waals surface area contributed by atoms with Crippen LogP contribution in [0.2, 0.25) is 5.02 Å². The summed E-state index contributed by atoms with van der Waals surface area (Å²) in [6.07, 6.45) is 6.71. The van der Waals surface area contributed by atoms with Gasteiger partial charge in [-0.25, -0.2) is 9.78 Å². The molecule has 5 nitrogen and oxygen atoms in total. The summed E-state index contributed by atoms with van der Waals surface area (Å²) < 4.78 is 1.99. The van der Waals surface area contributed by atoms with E-state index >= 15 is 0 Å². The van der Waals surface area contributed by atoms with Crippen LogP contribution in [-0.2, 0) is 6.42 Å². The molecule has 26 heavy (non-hydrogen) atoms. The van der Waals surface area contributed by atoms with Crippen molar-refractivity contribution in [1.29, 1.82) is 0 Å². The SMILES string of the molecule is O=C(NCCc1cn2ccccc2n1)N1CCC[C@H]1c1ccc(Cl)cc1. The quantitative estimate of drug-likeness (QED) is 0.754. The Balaban J connectivity index is 1.35. The van der Waals surface area contributed by atoms with Crippen LogP contribution in [0, 0.1) is 0 Å². The standard InChI is InChI=1S/C20H21ClN4O/c21-16-8-6-15(7-9-16)18-4-3-13-25(18)20(26)22-11-10-17-14-24-12-2-1-5-19(24)23-17/h1-2,5-9,12,14,18H,3-4,10-11,13H2,(H,22,26)/t18-/m0/s1. The van der Waals surface area contributed by atoms with Gasteiger partial charge in [0.2, 0.25) is 0 Å². The monoisotopic (exact) mass is 368 g/mol. The third-order valence-electron chi connectivity index (χ3n) is 4.84. The highest BCUT2D eigenvalue weighted by molar-refractivity contribution is 6.30. The van der Waals surface area contributed by atoms with E-state index in [0.29, 0.717) is 13.0 Å². The van der Waals surface area contributed by atoms with Crippen molar-refractivity contribution >= 4 is 23.3 Å². The summed E-state index contributed by atoms with van der Waals surface area (Å²) in [7, 11) is 0. The van der Waals surface area contributed by atoms with Crippen LogP contribution in [0.1, 0.15) is 30.1 Å². The molecule has 1 aliphatic rings. The second kappa shape index (κ2) is 7.38. The number of carbonyl (C=O) groups excluding carboxylic acids is 1. The zero-order valence-electron chi connectivity index (χ0n) is 14.4. The van der Waals surface area contributed by atoms with E-state index in [0.717, 1.165) is 41.3 Å². The predicted molar refractivity (Wildman–Crippen MR) is 102 cm³/mol. The Bertz CT molecular complexity index is 873. The largest absolute Gasteiger partial charge is 0.338 e. The van der Waals surface area contributed by atoms with Crippen molar-refractivity contribution in [2.24, 2.45) is 0 Å². The number of amides is 2. The van der Waals surface area contributed by atoms with Crippen LogP contribution in [0.5, 0.6) is 0 Å². The lowest BCUT2D eigenvalue weighted by Gasteiger charge is -2.25. The topological polar surface area (TPSA) is 49.6 Å². The van der Waals surface area contributed by atoms with Gasteiger partial charge in [-0.15, -0.1) is 0 Å². The lowest BCUT2D eigenvalue weighted by molar-refractivity contribution is 0.193. The normalized spacial score (nSPS) is 17.0. The first-order valence-electron chi connectivity index (χ1n) is 8.93. The molecule has 1 aliphatic heterocycles. The highest BCUT2D eigenvalue weighted by Crippen LogP contribution is 2.32. The Labute approximate surface area is 157 Å². The summed E-state index contributed by atoms with van der Waals surface area (Å²) in [4.78, 5) is 19.1. The first-order chi connectivity index (χ1) is 12.7. The molecule has 2 aromatic heterocycles. The van der Waals surface area contributed by atoms with Crippen molar-refractivity contribution in [3.05, 3.63) is 71.1 Å². The summed E-state index contributed by atoms with van der Waals surface area (Å²) in [5.41, 5.74) is 3.05. The van der Waals surface area contributed by atoms with E-state index in [4.69, 9.17) is 11.6 Å². The second-order valence-corrected chi connectivity index (χ2v) is 7.02. The van der Waals surface area contributed by atoms with Gasteiger partial charge in [0.15, 0.2) is 0 Å². The van der Waals surface area contributed by atoms with Gasteiger partial charge in [-0.05, 0) is 42.7 Å². The fourth-order valence-corrected chi connectivity index (χ4v) is 3.67. The third-order valence-corrected chi connectivity index (χ3v) is 5.09. The molecule has 0 bridgehead atoms. The van der Waals surface area contributed by atoms with E-state index in [9.17, 15) is 4.79 Å². The number of rotatable bonds is 4. The summed E-state index contributed by atoms with van der Waals surface area (Å²) in [6.45, 7) is 1.36. The number of hydrogen-bond donors (Lipinski definition) is 1. The van der Waals surface area contributed by atoms with E-state index < -0.39 is 0 Å². The van der Waals surface area contributed by atoms with E-state index in [-0.39, 0.29) is 12.1 Å². The van der Waals surface area contributed by atoms with Crippen molar-refractivity contribution in [2.45, 2.75) is 25.3 Å². The number of halogens is 1. The Morgan fingerprint density at radius 3 is 2.88 bits per heavy atom. The van der Waals surface area contributed by atoms with Gasteiger partial charge in [0, 0.05) is 36.9 Å². The fraction of sp³-hybridized carbons (Fsp3) is 0.300. The van der Waals surface area contributed by atoms with E-state index in [1.165, 1.54) is 0 Å². The van der Waals surface area contributed by atoms with Crippen molar-refractivity contribution in [3.8, 4) is 0 Å². The second-order valence-electron chi connectivity index (χ2n) is 6.58. The van der Waals surface area contributed by atoms with Crippen LogP contribution in [0.15, 0.2) is 54.9 Å². The minimum absolute atomic E-state index is 0.00814. The highest BCUT2D eigenvalue weighted by atomic mass is 35.5. The summed E-state index contributed by atoms with van der Waals surface area (Å²) in [5, 5.41) is 3.76. The van der Waals surface area contributed by atoms with Crippen LogP contribution in [0.4, 0.5) is 4.79 Å². The Morgan fingerprint density at radius 1 is 1.23 bits per heavy atom. The summed E-state index contributed by atoms with van der Waals surface area (Å²) in [6, 6.07) is 13.8. The number of urea groups is 1. The molecule has 1 atom stereocenters. The fourth-order valence-electron chi connectivity index (χ4n) is 3.55. The number of benzene rings is 1. The minimum atomic E-state index is -0.00814. The number of hydrogen-bond acceptors (Lipinski definition) is 2. The molecular weight excluding hydrogens is 348 g/mol. The molecule has 1 N–H and O–H groups in total. The first-order valence-corrected chi connectivity index (χ1v) is 9.31. The maximum Gasteiger partial charge on any atom is 0.317 e. The van der Waals surface area contributed by atoms with Crippen LogP contribution in [-0.4, -0.2) is 33.4 Å². The number of fused-ring (bicyclic) bond motifs is 1. The minimum Gasteiger partial charge on any atom is -0.338 e. The average molecular weight is 369 g/mol. The van der Waals surface area contributed by atoms with Gasteiger partial charge in [-0.2, -0.15) is 0 Å². The molecule has 6 heteroatoms. The molecule has 134 valence electrons. The number of nitrogens with one attached hydrogen (secondary N) is 1. The van der Waals surface area contributed by atoms with E-state index in [2.05, 4.69) is 10.3 Å². The number of likely N-dealkylation sites (tertiary alicyclic amines) is 1. The molecular formula is C20H21ClN4O. The molecule has 0 unspecified atom stereocenters. The molecule has 0 spiro atoms.